The highest BCUT2D eigenvalue weighted by atomic mass is 16.5. The fourth-order valence-corrected chi connectivity index (χ4v) is 2.19. The highest BCUT2D eigenvalue weighted by Crippen LogP contribution is 2.15. The lowest BCUT2D eigenvalue weighted by molar-refractivity contribution is -0.124. The van der Waals surface area contributed by atoms with Crippen molar-refractivity contribution in [2.75, 3.05) is 26.8 Å². The molecule has 0 aromatic heterocycles. The molecule has 0 aromatic rings. The minimum atomic E-state index is 0.0950. The van der Waals surface area contributed by atoms with Crippen molar-refractivity contribution in [1.82, 2.24) is 10.2 Å². The van der Waals surface area contributed by atoms with Gasteiger partial charge in [-0.3, -0.25) is 9.69 Å². The van der Waals surface area contributed by atoms with Crippen LogP contribution in [-0.4, -0.2) is 49.7 Å². The highest BCUT2D eigenvalue weighted by molar-refractivity contribution is 5.78. The summed E-state index contributed by atoms with van der Waals surface area (Å²) in [6.45, 7) is 6.30. The standard InChI is InChI=1S/C12H24N2O2/c1-10(9-16-3)13-12(15)8-14-7-5-4-6-11(14)2/h10-11H,4-9H2,1-3H3,(H,13,15)/t10-,11-/m1/s1. The second-order valence-electron chi connectivity index (χ2n) is 4.74. The van der Waals surface area contributed by atoms with Crippen LogP contribution >= 0.6 is 0 Å². The Balaban J connectivity index is 2.27. The first-order valence-corrected chi connectivity index (χ1v) is 6.16. The third-order valence-corrected chi connectivity index (χ3v) is 3.11. The molecule has 1 fully saturated rings. The molecule has 0 aliphatic carbocycles. The summed E-state index contributed by atoms with van der Waals surface area (Å²) in [6.07, 6.45) is 3.71. The topological polar surface area (TPSA) is 41.6 Å². The molecule has 4 nitrogen and oxygen atoms in total. The maximum atomic E-state index is 11.7. The molecule has 1 aliphatic heterocycles. The summed E-state index contributed by atoms with van der Waals surface area (Å²) in [4.78, 5) is 14.0. The van der Waals surface area contributed by atoms with E-state index in [2.05, 4.69) is 17.1 Å². The number of carbonyl (C=O) groups is 1. The van der Waals surface area contributed by atoms with Crippen molar-refractivity contribution in [3.8, 4) is 0 Å². The number of ether oxygens (including phenoxy) is 1. The second-order valence-corrected chi connectivity index (χ2v) is 4.74. The average Bonchev–Trinajstić information content (AvgIpc) is 2.21. The Labute approximate surface area is 98.3 Å². The fraction of sp³-hybridized carbons (Fsp3) is 0.917. The number of hydrogen-bond acceptors (Lipinski definition) is 3. The van der Waals surface area contributed by atoms with Gasteiger partial charge in [0.2, 0.25) is 5.91 Å². The van der Waals surface area contributed by atoms with Crippen molar-refractivity contribution in [3.05, 3.63) is 0 Å². The van der Waals surface area contributed by atoms with Gasteiger partial charge in [-0.25, -0.2) is 0 Å². The molecule has 1 saturated heterocycles. The van der Waals surface area contributed by atoms with Crippen molar-refractivity contribution in [2.45, 2.75) is 45.2 Å². The van der Waals surface area contributed by atoms with Crippen LogP contribution in [-0.2, 0) is 9.53 Å². The SMILES string of the molecule is COC[C@@H](C)NC(=O)CN1CCCC[C@H]1C. The van der Waals surface area contributed by atoms with Crippen LogP contribution in [0.5, 0.6) is 0 Å². The van der Waals surface area contributed by atoms with Gasteiger partial charge in [0.1, 0.15) is 0 Å². The van der Waals surface area contributed by atoms with Gasteiger partial charge in [-0.2, -0.15) is 0 Å². The number of carbonyl (C=O) groups excluding carboxylic acids is 1. The average molecular weight is 228 g/mol. The van der Waals surface area contributed by atoms with Gasteiger partial charge < -0.3 is 10.1 Å². The van der Waals surface area contributed by atoms with Crippen LogP contribution < -0.4 is 5.32 Å². The fourth-order valence-electron chi connectivity index (χ4n) is 2.19. The predicted molar refractivity (Wildman–Crippen MR) is 64.4 cm³/mol. The molecule has 0 bridgehead atoms. The molecule has 0 saturated carbocycles. The Kier molecular flexibility index (Phi) is 5.77. The molecule has 4 heteroatoms. The Hall–Kier alpha value is -0.610. The van der Waals surface area contributed by atoms with Gasteiger partial charge in [-0.05, 0) is 33.2 Å². The largest absolute Gasteiger partial charge is 0.383 e. The monoisotopic (exact) mass is 228 g/mol. The number of rotatable bonds is 5. The van der Waals surface area contributed by atoms with Crippen LogP contribution in [0.15, 0.2) is 0 Å². The lowest BCUT2D eigenvalue weighted by Gasteiger charge is -2.32. The van der Waals surface area contributed by atoms with Crippen molar-refractivity contribution in [2.24, 2.45) is 0 Å². The zero-order chi connectivity index (χ0) is 12.0. The Bertz CT molecular complexity index is 221. The van der Waals surface area contributed by atoms with Crippen LogP contribution in [0.2, 0.25) is 0 Å². The quantitative estimate of drug-likeness (QED) is 0.763. The summed E-state index contributed by atoms with van der Waals surface area (Å²) in [7, 11) is 1.65. The first-order chi connectivity index (χ1) is 7.63. The van der Waals surface area contributed by atoms with E-state index in [1.807, 2.05) is 6.92 Å². The number of amides is 1. The maximum Gasteiger partial charge on any atom is 0.234 e. The highest BCUT2D eigenvalue weighted by Gasteiger charge is 2.20. The Morgan fingerprint density at radius 3 is 2.94 bits per heavy atom. The number of likely N-dealkylation sites (tertiary alicyclic amines) is 1. The Morgan fingerprint density at radius 1 is 1.56 bits per heavy atom. The van der Waals surface area contributed by atoms with E-state index in [-0.39, 0.29) is 11.9 Å². The summed E-state index contributed by atoms with van der Waals surface area (Å²) in [5.41, 5.74) is 0. The molecule has 0 aromatic carbocycles. The zero-order valence-corrected chi connectivity index (χ0v) is 10.7. The summed E-state index contributed by atoms with van der Waals surface area (Å²) in [5, 5.41) is 2.94. The van der Waals surface area contributed by atoms with E-state index in [9.17, 15) is 4.79 Å². The number of nitrogens with one attached hydrogen (secondary N) is 1. The molecule has 2 atom stereocenters. The smallest absolute Gasteiger partial charge is 0.234 e. The summed E-state index contributed by atoms with van der Waals surface area (Å²) in [5.74, 6) is 0.110. The normalized spacial score (nSPS) is 24.1. The minimum Gasteiger partial charge on any atom is -0.383 e. The molecule has 1 heterocycles. The van der Waals surface area contributed by atoms with E-state index >= 15 is 0 Å². The van der Waals surface area contributed by atoms with E-state index < -0.39 is 0 Å². The molecular weight excluding hydrogens is 204 g/mol. The molecule has 1 amide bonds. The van der Waals surface area contributed by atoms with E-state index in [4.69, 9.17) is 4.74 Å². The number of piperidine rings is 1. The molecule has 0 unspecified atom stereocenters. The maximum absolute atomic E-state index is 11.7. The second kappa shape index (κ2) is 6.86. The van der Waals surface area contributed by atoms with Gasteiger partial charge in [0.05, 0.1) is 13.2 Å². The van der Waals surface area contributed by atoms with Crippen LogP contribution in [0.25, 0.3) is 0 Å². The van der Waals surface area contributed by atoms with Gasteiger partial charge >= 0.3 is 0 Å². The van der Waals surface area contributed by atoms with Gasteiger partial charge in [-0.1, -0.05) is 6.42 Å². The van der Waals surface area contributed by atoms with Gasteiger partial charge in [0.25, 0.3) is 0 Å². The van der Waals surface area contributed by atoms with Crippen LogP contribution in [0.4, 0.5) is 0 Å². The van der Waals surface area contributed by atoms with E-state index in [0.29, 0.717) is 19.2 Å². The lowest BCUT2D eigenvalue weighted by Crippen LogP contribution is -2.46. The van der Waals surface area contributed by atoms with E-state index in [0.717, 1.165) is 6.54 Å². The summed E-state index contributed by atoms with van der Waals surface area (Å²) < 4.78 is 4.99. The third kappa shape index (κ3) is 4.49. The first-order valence-electron chi connectivity index (χ1n) is 6.16. The molecule has 0 spiro atoms. The summed E-state index contributed by atoms with van der Waals surface area (Å²) in [6, 6.07) is 0.634. The predicted octanol–water partition coefficient (Wildman–Crippen LogP) is 1.01. The van der Waals surface area contributed by atoms with Gasteiger partial charge in [-0.15, -0.1) is 0 Å². The molecule has 1 aliphatic rings. The number of nitrogens with zero attached hydrogens (tertiary/aromatic N) is 1. The molecule has 16 heavy (non-hydrogen) atoms. The molecule has 1 rings (SSSR count). The first kappa shape index (κ1) is 13.5. The van der Waals surface area contributed by atoms with Crippen molar-refractivity contribution in [3.63, 3.8) is 0 Å². The van der Waals surface area contributed by atoms with Gasteiger partial charge in [0, 0.05) is 19.2 Å². The molecule has 1 N–H and O–H groups in total. The molecule has 0 radical (unpaired) electrons. The van der Waals surface area contributed by atoms with E-state index in [1.54, 1.807) is 7.11 Å². The van der Waals surface area contributed by atoms with Crippen LogP contribution in [0, 0.1) is 0 Å². The van der Waals surface area contributed by atoms with E-state index in [1.165, 1.54) is 19.3 Å². The zero-order valence-electron chi connectivity index (χ0n) is 10.7. The van der Waals surface area contributed by atoms with Crippen LogP contribution in [0.3, 0.4) is 0 Å². The van der Waals surface area contributed by atoms with Gasteiger partial charge in [0.15, 0.2) is 0 Å². The third-order valence-electron chi connectivity index (χ3n) is 3.11. The molecular formula is C12H24N2O2. The van der Waals surface area contributed by atoms with Crippen LogP contribution in [0.1, 0.15) is 33.1 Å². The van der Waals surface area contributed by atoms with Crippen molar-refractivity contribution in [1.29, 1.82) is 0 Å². The number of hydrogen-bond donors (Lipinski definition) is 1. The lowest BCUT2D eigenvalue weighted by atomic mass is 10.0. The molecule has 94 valence electrons. The number of methoxy groups -OCH3 is 1. The van der Waals surface area contributed by atoms with Crippen molar-refractivity contribution >= 4 is 5.91 Å². The summed E-state index contributed by atoms with van der Waals surface area (Å²) >= 11 is 0. The minimum absolute atomic E-state index is 0.0950. The Morgan fingerprint density at radius 2 is 2.31 bits per heavy atom. The van der Waals surface area contributed by atoms with Crippen molar-refractivity contribution < 1.29 is 9.53 Å².